The lowest BCUT2D eigenvalue weighted by atomic mass is 10.1. The third-order valence-corrected chi connectivity index (χ3v) is 5.94. The minimum atomic E-state index is 0.754. The van der Waals surface area contributed by atoms with Gasteiger partial charge >= 0.3 is 0 Å². The molecule has 0 unspecified atom stereocenters. The molecule has 2 N–H and O–H groups in total. The van der Waals surface area contributed by atoms with Gasteiger partial charge in [0.1, 0.15) is 0 Å². The van der Waals surface area contributed by atoms with Crippen LogP contribution in [0.5, 0.6) is 0 Å². The van der Waals surface area contributed by atoms with Gasteiger partial charge in [0.05, 0.1) is 11.2 Å². The number of hydrogen-bond acceptors (Lipinski definition) is 5. The Kier molecular flexibility index (Phi) is 5.45. The monoisotopic (exact) mass is 357 g/mol. The summed E-state index contributed by atoms with van der Waals surface area (Å²) in [5.74, 6) is 0. The van der Waals surface area contributed by atoms with E-state index < -0.39 is 0 Å². The molecule has 2 aliphatic heterocycles. The topological polar surface area (TPSA) is 46.9 Å². The molecule has 6 heteroatoms. The maximum atomic E-state index is 9.30. The second-order valence-electron chi connectivity index (χ2n) is 7.82. The van der Waals surface area contributed by atoms with Crippen molar-refractivity contribution in [2.45, 2.75) is 25.9 Å². The zero-order valence-corrected chi connectivity index (χ0v) is 15.8. The zero-order valence-electron chi connectivity index (χ0n) is 15.8. The molecular formula is C20H31N5O. The van der Waals surface area contributed by atoms with Crippen LogP contribution in [-0.2, 0) is 13.1 Å². The fraction of sp³-hybridized carbons (Fsp3) is 0.600. The van der Waals surface area contributed by atoms with Crippen LogP contribution in [0.4, 0.5) is 5.69 Å². The van der Waals surface area contributed by atoms with Crippen molar-refractivity contribution in [3.8, 4) is 0 Å². The number of fused-ring (bicyclic) bond motifs is 1. The molecule has 2 saturated heterocycles. The number of nitrogens with one attached hydrogen (secondary N) is 1. The molecule has 0 radical (unpaired) electrons. The van der Waals surface area contributed by atoms with Crippen molar-refractivity contribution in [2.75, 3.05) is 58.3 Å². The fourth-order valence-corrected chi connectivity index (χ4v) is 4.25. The molecule has 0 atom stereocenters. The van der Waals surface area contributed by atoms with Crippen LogP contribution in [0.1, 0.15) is 18.4 Å². The van der Waals surface area contributed by atoms with E-state index in [-0.39, 0.29) is 0 Å². The van der Waals surface area contributed by atoms with Crippen LogP contribution in [0.25, 0.3) is 10.9 Å². The molecule has 0 bridgehead atoms. The van der Waals surface area contributed by atoms with Crippen molar-refractivity contribution in [3.63, 3.8) is 0 Å². The van der Waals surface area contributed by atoms with Crippen LogP contribution < -0.4 is 5.48 Å². The van der Waals surface area contributed by atoms with Crippen molar-refractivity contribution < 1.29 is 5.21 Å². The van der Waals surface area contributed by atoms with E-state index in [4.69, 9.17) is 0 Å². The fourth-order valence-electron chi connectivity index (χ4n) is 4.25. The zero-order chi connectivity index (χ0) is 17.9. The normalized spacial score (nSPS) is 20.2. The highest BCUT2D eigenvalue weighted by Gasteiger charge is 2.18. The number of aromatic nitrogens is 1. The quantitative estimate of drug-likeness (QED) is 0.777. The second-order valence-corrected chi connectivity index (χ2v) is 7.82. The van der Waals surface area contributed by atoms with Crippen LogP contribution in [0.15, 0.2) is 24.4 Å². The van der Waals surface area contributed by atoms with Gasteiger partial charge in [-0.2, -0.15) is 0 Å². The summed E-state index contributed by atoms with van der Waals surface area (Å²) in [7, 11) is 2.20. The molecule has 26 heavy (non-hydrogen) atoms. The largest absolute Gasteiger partial charge is 0.346 e. The first-order valence-corrected chi connectivity index (χ1v) is 9.88. The lowest BCUT2D eigenvalue weighted by Gasteiger charge is -2.32. The molecule has 6 nitrogen and oxygen atoms in total. The number of rotatable bonds is 6. The molecule has 4 rings (SSSR count). The molecule has 142 valence electrons. The van der Waals surface area contributed by atoms with Gasteiger partial charge < -0.3 is 14.4 Å². The van der Waals surface area contributed by atoms with Gasteiger partial charge in [-0.15, -0.1) is 0 Å². The van der Waals surface area contributed by atoms with Gasteiger partial charge in [-0.05, 0) is 50.7 Å². The van der Waals surface area contributed by atoms with Crippen LogP contribution in [0.2, 0.25) is 0 Å². The summed E-state index contributed by atoms with van der Waals surface area (Å²) in [6.45, 7) is 10.1. The second kappa shape index (κ2) is 7.96. The van der Waals surface area contributed by atoms with Crippen molar-refractivity contribution in [3.05, 3.63) is 30.0 Å². The van der Waals surface area contributed by atoms with E-state index >= 15 is 0 Å². The number of likely N-dealkylation sites (N-methyl/N-ethyl adjacent to an activating group) is 1. The third-order valence-electron chi connectivity index (χ3n) is 5.94. The number of anilines is 1. The lowest BCUT2D eigenvalue weighted by molar-refractivity contribution is 0.148. The number of hydrogen-bond donors (Lipinski definition) is 2. The van der Waals surface area contributed by atoms with E-state index in [9.17, 15) is 5.21 Å². The lowest BCUT2D eigenvalue weighted by Crippen LogP contribution is -2.43. The smallest absolute Gasteiger partial charge is 0.0623 e. The van der Waals surface area contributed by atoms with E-state index in [0.717, 1.165) is 51.5 Å². The number of benzene rings is 1. The Morgan fingerprint density at radius 2 is 1.73 bits per heavy atom. The third kappa shape index (κ3) is 3.88. The SMILES string of the molecule is CN1CCN(Cc2cn(CCN3CCCC3)c3cc(NO)ccc23)CC1. The van der Waals surface area contributed by atoms with Crippen molar-refractivity contribution in [2.24, 2.45) is 0 Å². The number of nitrogens with zero attached hydrogens (tertiary/aromatic N) is 4. The molecule has 2 fully saturated rings. The predicted molar refractivity (Wildman–Crippen MR) is 106 cm³/mol. The first-order chi connectivity index (χ1) is 12.7. The van der Waals surface area contributed by atoms with Crippen LogP contribution >= 0.6 is 0 Å². The Bertz CT molecular complexity index is 729. The van der Waals surface area contributed by atoms with Gasteiger partial charge in [0.15, 0.2) is 0 Å². The standard InChI is InChI=1S/C20H31N5O/c1-22-8-10-24(11-9-22)15-17-16-25(13-12-23-6-2-3-7-23)20-14-18(21-26)4-5-19(17)20/h4-5,14,16,21,26H,2-3,6-13,15H2,1H3. The van der Waals surface area contributed by atoms with E-state index in [0.29, 0.717) is 0 Å². The Hall–Kier alpha value is -1.60. The van der Waals surface area contributed by atoms with E-state index in [1.807, 2.05) is 6.07 Å². The molecule has 0 spiro atoms. The summed E-state index contributed by atoms with van der Waals surface area (Å²) < 4.78 is 2.37. The molecule has 2 aromatic rings. The Morgan fingerprint density at radius 1 is 0.962 bits per heavy atom. The minimum absolute atomic E-state index is 0.754. The molecule has 0 saturated carbocycles. The van der Waals surface area contributed by atoms with Crippen molar-refractivity contribution in [1.82, 2.24) is 19.3 Å². The predicted octanol–water partition coefficient (Wildman–Crippen LogP) is 2.29. The summed E-state index contributed by atoms with van der Waals surface area (Å²) in [6, 6.07) is 6.17. The first kappa shape index (κ1) is 17.8. The van der Waals surface area contributed by atoms with Crippen molar-refractivity contribution in [1.29, 1.82) is 0 Å². The molecule has 0 amide bonds. The Balaban J connectivity index is 1.55. The summed E-state index contributed by atoms with van der Waals surface area (Å²) in [4.78, 5) is 7.51. The molecule has 3 heterocycles. The minimum Gasteiger partial charge on any atom is -0.346 e. The van der Waals surface area contributed by atoms with Gasteiger partial charge in [-0.1, -0.05) is 6.07 Å². The highest BCUT2D eigenvalue weighted by molar-refractivity contribution is 5.86. The van der Waals surface area contributed by atoms with Gasteiger partial charge in [0.25, 0.3) is 0 Å². The number of likely N-dealkylation sites (tertiary alicyclic amines) is 1. The summed E-state index contributed by atoms with van der Waals surface area (Å²) in [5, 5.41) is 10.6. The van der Waals surface area contributed by atoms with E-state index in [1.54, 1.807) is 0 Å². The Labute approximate surface area is 155 Å². The van der Waals surface area contributed by atoms with Crippen LogP contribution in [0.3, 0.4) is 0 Å². The summed E-state index contributed by atoms with van der Waals surface area (Å²) >= 11 is 0. The Morgan fingerprint density at radius 3 is 2.46 bits per heavy atom. The molecule has 2 aliphatic rings. The first-order valence-electron chi connectivity index (χ1n) is 9.88. The van der Waals surface area contributed by atoms with Gasteiger partial charge in [0, 0.05) is 57.4 Å². The maximum Gasteiger partial charge on any atom is 0.0623 e. The molecular weight excluding hydrogens is 326 g/mol. The van der Waals surface area contributed by atoms with Gasteiger partial charge in [0.2, 0.25) is 0 Å². The molecule has 0 aliphatic carbocycles. The van der Waals surface area contributed by atoms with Crippen LogP contribution in [-0.4, -0.2) is 77.3 Å². The van der Waals surface area contributed by atoms with Crippen LogP contribution in [0, 0.1) is 0 Å². The van der Waals surface area contributed by atoms with Gasteiger partial charge in [-0.3, -0.25) is 15.6 Å². The maximum absolute atomic E-state index is 9.30. The highest BCUT2D eigenvalue weighted by atomic mass is 16.5. The molecule has 1 aromatic carbocycles. The summed E-state index contributed by atoms with van der Waals surface area (Å²) in [6.07, 6.45) is 5.00. The average molecular weight is 358 g/mol. The van der Waals surface area contributed by atoms with E-state index in [2.05, 4.69) is 50.1 Å². The summed E-state index contributed by atoms with van der Waals surface area (Å²) in [5.41, 5.74) is 5.67. The van der Waals surface area contributed by atoms with Crippen molar-refractivity contribution >= 4 is 16.6 Å². The molecule has 1 aromatic heterocycles. The highest BCUT2D eigenvalue weighted by Crippen LogP contribution is 2.26. The van der Waals surface area contributed by atoms with Gasteiger partial charge in [-0.25, -0.2) is 0 Å². The average Bonchev–Trinajstić information content (AvgIpc) is 3.30. The van der Waals surface area contributed by atoms with E-state index in [1.165, 1.54) is 42.4 Å². The number of piperazine rings is 1.